The van der Waals surface area contributed by atoms with Crippen molar-refractivity contribution in [3.05, 3.63) is 35.6 Å². The summed E-state index contributed by atoms with van der Waals surface area (Å²) in [5.41, 5.74) is 6.87. The van der Waals surface area contributed by atoms with Crippen molar-refractivity contribution in [1.29, 1.82) is 0 Å². The molecule has 0 unspecified atom stereocenters. The molecule has 0 radical (unpaired) electrons. The number of benzene rings is 1. The topological polar surface area (TPSA) is 26.0 Å². The van der Waals surface area contributed by atoms with Crippen LogP contribution in [-0.4, -0.2) is 0 Å². The fourth-order valence-corrected chi connectivity index (χ4v) is 2.09. The van der Waals surface area contributed by atoms with Crippen LogP contribution in [0.4, 0.5) is 4.39 Å². The quantitative estimate of drug-likeness (QED) is 0.766. The van der Waals surface area contributed by atoms with E-state index in [0.29, 0.717) is 0 Å². The molecule has 0 spiro atoms. The van der Waals surface area contributed by atoms with Crippen molar-refractivity contribution in [1.82, 2.24) is 0 Å². The Labute approximate surface area is 89.9 Å². The second-order valence-electron chi connectivity index (χ2n) is 3.87. The molecule has 2 rings (SSSR count). The highest BCUT2D eigenvalue weighted by molar-refractivity contribution is 5.85. The van der Waals surface area contributed by atoms with Gasteiger partial charge in [0.05, 0.1) is 0 Å². The average molecular weight is 216 g/mol. The lowest BCUT2D eigenvalue weighted by Gasteiger charge is -2.23. The van der Waals surface area contributed by atoms with Crippen LogP contribution in [0.2, 0.25) is 0 Å². The number of nitrogens with two attached hydrogens (primary N) is 1. The molecule has 1 saturated carbocycles. The van der Waals surface area contributed by atoms with Crippen molar-refractivity contribution >= 4 is 12.4 Å². The molecule has 0 aliphatic heterocycles. The molecule has 0 aromatic heterocycles. The highest BCUT2D eigenvalue weighted by atomic mass is 35.5. The molecule has 3 heteroatoms. The molecule has 1 fully saturated rings. The third-order valence-corrected chi connectivity index (χ3v) is 2.90. The van der Waals surface area contributed by atoms with Gasteiger partial charge >= 0.3 is 0 Å². The Balaban J connectivity index is 0.000000980. The van der Waals surface area contributed by atoms with Crippen molar-refractivity contribution in [2.45, 2.75) is 31.2 Å². The molecule has 1 nitrogen and oxygen atoms in total. The Kier molecular flexibility index (Phi) is 3.51. The van der Waals surface area contributed by atoms with Gasteiger partial charge in [-0.25, -0.2) is 4.39 Å². The molecule has 0 atom stereocenters. The largest absolute Gasteiger partial charge is 0.321 e. The van der Waals surface area contributed by atoms with E-state index >= 15 is 0 Å². The monoisotopic (exact) mass is 215 g/mol. The van der Waals surface area contributed by atoms with E-state index in [1.807, 2.05) is 6.07 Å². The summed E-state index contributed by atoms with van der Waals surface area (Å²) in [5.74, 6) is -0.186. The van der Waals surface area contributed by atoms with Crippen molar-refractivity contribution in [3.63, 3.8) is 0 Å². The van der Waals surface area contributed by atoms with E-state index < -0.39 is 0 Å². The molecular weight excluding hydrogens is 201 g/mol. The highest BCUT2D eigenvalue weighted by Crippen LogP contribution is 2.36. The SMILES string of the molecule is Cl.NC1(c2cccc(F)c2)CCCC1. The standard InChI is InChI=1S/C11H14FN.ClH/c12-10-5-3-4-9(8-10)11(13)6-1-2-7-11;/h3-5,8H,1-2,6-7,13H2;1H. The molecule has 1 aromatic carbocycles. The highest BCUT2D eigenvalue weighted by Gasteiger charge is 2.31. The predicted octanol–water partition coefficient (Wildman–Crippen LogP) is 2.98. The van der Waals surface area contributed by atoms with Gasteiger partial charge in [0.25, 0.3) is 0 Å². The Morgan fingerprint density at radius 1 is 1.21 bits per heavy atom. The number of hydrogen-bond donors (Lipinski definition) is 1. The van der Waals surface area contributed by atoms with Gasteiger partial charge in [-0.05, 0) is 30.5 Å². The Morgan fingerprint density at radius 3 is 2.43 bits per heavy atom. The second kappa shape index (κ2) is 4.28. The molecule has 78 valence electrons. The van der Waals surface area contributed by atoms with Crippen LogP contribution in [0.1, 0.15) is 31.2 Å². The molecule has 0 amide bonds. The fraction of sp³-hybridized carbons (Fsp3) is 0.455. The van der Waals surface area contributed by atoms with Crippen molar-refractivity contribution in [2.24, 2.45) is 5.73 Å². The van der Waals surface area contributed by atoms with E-state index in [1.165, 1.54) is 6.07 Å². The summed E-state index contributed by atoms with van der Waals surface area (Å²) in [6, 6.07) is 6.68. The van der Waals surface area contributed by atoms with Crippen LogP contribution in [0, 0.1) is 5.82 Å². The first-order valence-corrected chi connectivity index (χ1v) is 4.76. The van der Waals surface area contributed by atoms with Crippen LogP contribution in [0.15, 0.2) is 24.3 Å². The molecule has 0 saturated heterocycles. The molecule has 1 aliphatic carbocycles. The number of hydrogen-bond acceptors (Lipinski definition) is 1. The Bertz CT molecular complexity index is 308. The third-order valence-electron chi connectivity index (χ3n) is 2.90. The minimum atomic E-state index is -0.262. The van der Waals surface area contributed by atoms with Crippen molar-refractivity contribution < 1.29 is 4.39 Å². The van der Waals surface area contributed by atoms with Crippen LogP contribution in [0.5, 0.6) is 0 Å². The first-order chi connectivity index (χ1) is 6.21. The van der Waals surface area contributed by atoms with Gasteiger partial charge in [0, 0.05) is 5.54 Å². The van der Waals surface area contributed by atoms with Crippen LogP contribution < -0.4 is 5.73 Å². The normalized spacial score (nSPS) is 19.0. The Hall–Kier alpha value is -0.600. The van der Waals surface area contributed by atoms with Gasteiger partial charge in [-0.3, -0.25) is 0 Å². The summed E-state index contributed by atoms with van der Waals surface area (Å²) in [6.45, 7) is 0. The molecule has 14 heavy (non-hydrogen) atoms. The lowest BCUT2D eigenvalue weighted by atomic mass is 9.89. The minimum absolute atomic E-state index is 0. The van der Waals surface area contributed by atoms with Gasteiger partial charge in [-0.1, -0.05) is 25.0 Å². The first kappa shape index (κ1) is 11.5. The molecule has 1 aliphatic rings. The first-order valence-electron chi connectivity index (χ1n) is 4.76. The van der Waals surface area contributed by atoms with E-state index in [9.17, 15) is 4.39 Å². The zero-order valence-electron chi connectivity index (χ0n) is 8.00. The van der Waals surface area contributed by atoms with Crippen molar-refractivity contribution in [3.8, 4) is 0 Å². The third kappa shape index (κ3) is 2.07. The van der Waals surface area contributed by atoms with Crippen LogP contribution in [-0.2, 0) is 5.54 Å². The van der Waals surface area contributed by atoms with E-state index in [-0.39, 0.29) is 23.8 Å². The summed E-state index contributed by atoms with van der Waals surface area (Å²) < 4.78 is 12.9. The van der Waals surface area contributed by atoms with Crippen LogP contribution in [0.3, 0.4) is 0 Å². The van der Waals surface area contributed by atoms with E-state index in [2.05, 4.69) is 0 Å². The van der Waals surface area contributed by atoms with Gasteiger partial charge in [-0.2, -0.15) is 0 Å². The maximum atomic E-state index is 12.9. The van der Waals surface area contributed by atoms with Gasteiger partial charge in [0.15, 0.2) is 0 Å². The maximum Gasteiger partial charge on any atom is 0.123 e. The average Bonchev–Trinajstić information content (AvgIpc) is 2.54. The number of rotatable bonds is 1. The van der Waals surface area contributed by atoms with E-state index in [1.54, 1.807) is 12.1 Å². The van der Waals surface area contributed by atoms with Gasteiger partial charge < -0.3 is 5.73 Å². The molecule has 2 N–H and O–H groups in total. The minimum Gasteiger partial charge on any atom is -0.321 e. The van der Waals surface area contributed by atoms with E-state index in [4.69, 9.17) is 5.73 Å². The van der Waals surface area contributed by atoms with Gasteiger partial charge in [0.1, 0.15) is 5.82 Å². The summed E-state index contributed by atoms with van der Waals surface area (Å²) in [7, 11) is 0. The van der Waals surface area contributed by atoms with Crippen molar-refractivity contribution in [2.75, 3.05) is 0 Å². The zero-order valence-corrected chi connectivity index (χ0v) is 8.82. The van der Waals surface area contributed by atoms with Crippen LogP contribution >= 0.6 is 12.4 Å². The smallest absolute Gasteiger partial charge is 0.123 e. The van der Waals surface area contributed by atoms with E-state index in [0.717, 1.165) is 31.2 Å². The molecular formula is C11H15ClFN. The molecule has 0 bridgehead atoms. The summed E-state index contributed by atoms with van der Waals surface area (Å²) in [4.78, 5) is 0. The lowest BCUT2D eigenvalue weighted by molar-refractivity contribution is 0.458. The Morgan fingerprint density at radius 2 is 1.86 bits per heavy atom. The number of halogens is 2. The second-order valence-corrected chi connectivity index (χ2v) is 3.87. The zero-order chi connectivity index (χ0) is 9.31. The molecule has 1 aromatic rings. The fourth-order valence-electron chi connectivity index (χ4n) is 2.09. The van der Waals surface area contributed by atoms with Gasteiger partial charge in [0.2, 0.25) is 0 Å². The molecule has 0 heterocycles. The lowest BCUT2D eigenvalue weighted by Crippen LogP contribution is -2.33. The summed E-state index contributed by atoms with van der Waals surface area (Å²) in [6.07, 6.45) is 4.28. The summed E-state index contributed by atoms with van der Waals surface area (Å²) >= 11 is 0. The maximum absolute atomic E-state index is 12.9. The summed E-state index contributed by atoms with van der Waals surface area (Å²) in [5, 5.41) is 0. The predicted molar refractivity (Wildman–Crippen MR) is 58.0 cm³/mol. The van der Waals surface area contributed by atoms with Gasteiger partial charge in [-0.15, -0.1) is 12.4 Å². The van der Waals surface area contributed by atoms with Crippen LogP contribution in [0.25, 0.3) is 0 Å².